The molecule has 2 atom stereocenters. The summed E-state index contributed by atoms with van der Waals surface area (Å²) in [7, 11) is 0. The first-order chi connectivity index (χ1) is 9.06. The first kappa shape index (κ1) is 14.1. The first-order valence-corrected chi connectivity index (χ1v) is 7.17. The Hall–Kier alpha value is -1.35. The molecule has 1 heterocycles. The topological polar surface area (TPSA) is 46.3 Å². The lowest BCUT2D eigenvalue weighted by atomic mass is 9.98. The molecule has 0 spiro atoms. The van der Waals surface area contributed by atoms with Crippen LogP contribution in [0.15, 0.2) is 24.3 Å². The van der Waals surface area contributed by atoms with Crippen LogP contribution in [0.1, 0.15) is 37.3 Å². The maximum atomic E-state index is 12.3. The van der Waals surface area contributed by atoms with E-state index in [1.807, 2.05) is 4.90 Å². The second-order valence-corrected chi connectivity index (χ2v) is 5.71. The quantitative estimate of drug-likeness (QED) is 0.906. The van der Waals surface area contributed by atoms with Crippen molar-refractivity contribution < 1.29 is 4.79 Å². The van der Waals surface area contributed by atoms with Crippen LogP contribution in [0.4, 0.5) is 0 Å². The summed E-state index contributed by atoms with van der Waals surface area (Å²) in [6.45, 7) is 5.00. The van der Waals surface area contributed by atoms with E-state index in [2.05, 4.69) is 38.1 Å². The minimum absolute atomic E-state index is 0.260. The van der Waals surface area contributed by atoms with E-state index in [4.69, 9.17) is 5.73 Å². The Labute approximate surface area is 115 Å². The van der Waals surface area contributed by atoms with Gasteiger partial charge >= 0.3 is 0 Å². The van der Waals surface area contributed by atoms with Gasteiger partial charge in [0.2, 0.25) is 5.91 Å². The molecule has 0 bridgehead atoms. The van der Waals surface area contributed by atoms with Gasteiger partial charge in [-0.3, -0.25) is 4.79 Å². The summed E-state index contributed by atoms with van der Waals surface area (Å²) in [5.74, 6) is 0.265. The predicted octanol–water partition coefficient (Wildman–Crippen LogP) is 2.27. The Bertz CT molecular complexity index is 444. The van der Waals surface area contributed by atoms with E-state index in [1.54, 1.807) is 0 Å². The molecule has 1 amide bonds. The highest BCUT2D eigenvalue weighted by atomic mass is 16.2. The van der Waals surface area contributed by atoms with Gasteiger partial charge in [-0.2, -0.15) is 0 Å². The average molecular weight is 260 g/mol. The molecule has 1 aromatic rings. The highest BCUT2D eigenvalue weighted by Crippen LogP contribution is 2.17. The maximum absolute atomic E-state index is 12.3. The Morgan fingerprint density at radius 2 is 2.26 bits per heavy atom. The van der Waals surface area contributed by atoms with Crippen LogP contribution in [0, 0.1) is 6.92 Å². The second-order valence-electron chi connectivity index (χ2n) is 5.71. The number of amides is 1. The fourth-order valence-corrected chi connectivity index (χ4v) is 2.84. The van der Waals surface area contributed by atoms with E-state index >= 15 is 0 Å². The number of benzene rings is 1. The summed E-state index contributed by atoms with van der Waals surface area (Å²) in [5.41, 5.74) is 8.43. The molecule has 3 heteroatoms. The molecule has 0 aromatic heterocycles. The van der Waals surface area contributed by atoms with Crippen LogP contribution in [-0.2, 0) is 11.2 Å². The zero-order valence-electron chi connectivity index (χ0n) is 11.9. The molecular formula is C16H24N2O. The Morgan fingerprint density at radius 1 is 1.47 bits per heavy atom. The molecule has 0 radical (unpaired) electrons. The van der Waals surface area contributed by atoms with Crippen molar-refractivity contribution in [2.45, 2.75) is 51.6 Å². The molecule has 19 heavy (non-hydrogen) atoms. The lowest BCUT2D eigenvalue weighted by Crippen LogP contribution is -2.48. The van der Waals surface area contributed by atoms with Crippen LogP contribution in [0.5, 0.6) is 0 Å². The van der Waals surface area contributed by atoms with Crippen molar-refractivity contribution in [1.82, 2.24) is 4.90 Å². The van der Waals surface area contributed by atoms with Gasteiger partial charge in [0.05, 0.1) is 0 Å². The van der Waals surface area contributed by atoms with Gasteiger partial charge in [0.1, 0.15) is 0 Å². The molecule has 0 saturated carbocycles. The molecule has 1 fully saturated rings. The zero-order valence-corrected chi connectivity index (χ0v) is 11.9. The fourth-order valence-electron chi connectivity index (χ4n) is 2.84. The number of hydrogen-bond acceptors (Lipinski definition) is 2. The number of nitrogens with zero attached hydrogens (tertiary/aromatic N) is 1. The normalized spacial score (nSPS) is 23.4. The van der Waals surface area contributed by atoms with Crippen molar-refractivity contribution in [3.8, 4) is 0 Å². The number of aryl methyl sites for hydroxylation is 2. The Kier molecular flexibility index (Phi) is 4.59. The second kappa shape index (κ2) is 6.20. The van der Waals surface area contributed by atoms with E-state index in [0.717, 1.165) is 25.8 Å². The minimum atomic E-state index is 0.260. The number of likely N-dealkylation sites (tertiary alicyclic amines) is 1. The van der Waals surface area contributed by atoms with Gasteiger partial charge in [-0.15, -0.1) is 0 Å². The Morgan fingerprint density at radius 3 is 2.95 bits per heavy atom. The standard InChI is InChI=1S/C16H24N2O/c1-12-4-3-5-14(10-12)6-7-16(19)18-9-8-15(17)11-13(18)2/h3-5,10,13,15H,6-9,11,17H2,1-2H3. The third-order valence-electron chi connectivity index (χ3n) is 3.95. The smallest absolute Gasteiger partial charge is 0.223 e. The molecule has 2 unspecified atom stereocenters. The molecule has 1 saturated heterocycles. The largest absolute Gasteiger partial charge is 0.340 e. The van der Waals surface area contributed by atoms with E-state index in [1.165, 1.54) is 11.1 Å². The highest BCUT2D eigenvalue weighted by molar-refractivity contribution is 5.76. The van der Waals surface area contributed by atoms with Gasteiger partial charge in [0, 0.05) is 25.0 Å². The fraction of sp³-hybridized carbons (Fsp3) is 0.562. The van der Waals surface area contributed by atoms with Gasteiger partial charge in [-0.25, -0.2) is 0 Å². The number of nitrogens with two attached hydrogens (primary N) is 1. The summed E-state index contributed by atoms with van der Waals surface area (Å²) in [4.78, 5) is 14.3. The van der Waals surface area contributed by atoms with Crippen molar-refractivity contribution in [1.29, 1.82) is 0 Å². The minimum Gasteiger partial charge on any atom is -0.340 e. The van der Waals surface area contributed by atoms with Crippen LogP contribution in [0.2, 0.25) is 0 Å². The molecular weight excluding hydrogens is 236 g/mol. The summed E-state index contributed by atoms with van der Waals surface area (Å²) in [6.07, 6.45) is 3.29. The Balaban J connectivity index is 1.87. The maximum Gasteiger partial charge on any atom is 0.223 e. The van der Waals surface area contributed by atoms with Crippen LogP contribution in [-0.4, -0.2) is 29.4 Å². The SMILES string of the molecule is Cc1cccc(CCC(=O)N2CCC(N)CC2C)c1. The number of carbonyl (C=O) groups is 1. The van der Waals surface area contributed by atoms with E-state index < -0.39 is 0 Å². The van der Waals surface area contributed by atoms with Crippen LogP contribution in [0.3, 0.4) is 0 Å². The lowest BCUT2D eigenvalue weighted by molar-refractivity contribution is -0.134. The number of piperidine rings is 1. The predicted molar refractivity (Wildman–Crippen MR) is 77.9 cm³/mol. The summed E-state index contributed by atoms with van der Waals surface area (Å²) in [5, 5.41) is 0. The molecule has 1 aromatic carbocycles. The van der Waals surface area contributed by atoms with Gasteiger partial charge < -0.3 is 10.6 Å². The lowest BCUT2D eigenvalue weighted by Gasteiger charge is -2.36. The van der Waals surface area contributed by atoms with E-state index in [0.29, 0.717) is 6.42 Å². The molecule has 1 aliphatic heterocycles. The van der Waals surface area contributed by atoms with Gasteiger partial charge in [-0.05, 0) is 38.7 Å². The van der Waals surface area contributed by atoms with E-state index in [-0.39, 0.29) is 18.0 Å². The number of rotatable bonds is 3. The molecule has 104 valence electrons. The van der Waals surface area contributed by atoms with Crippen molar-refractivity contribution >= 4 is 5.91 Å². The van der Waals surface area contributed by atoms with Gasteiger partial charge in [-0.1, -0.05) is 29.8 Å². The number of carbonyl (C=O) groups excluding carboxylic acids is 1. The first-order valence-electron chi connectivity index (χ1n) is 7.17. The van der Waals surface area contributed by atoms with Crippen LogP contribution >= 0.6 is 0 Å². The molecule has 1 aliphatic rings. The van der Waals surface area contributed by atoms with E-state index in [9.17, 15) is 4.79 Å². The molecule has 2 rings (SSSR count). The summed E-state index contributed by atoms with van der Waals surface area (Å²) < 4.78 is 0. The third kappa shape index (κ3) is 3.80. The van der Waals surface area contributed by atoms with Crippen molar-refractivity contribution in [2.24, 2.45) is 5.73 Å². The third-order valence-corrected chi connectivity index (χ3v) is 3.95. The summed E-state index contributed by atoms with van der Waals surface area (Å²) >= 11 is 0. The molecule has 0 aliphatic carbocycles. The van der Waals surface area contributed by atoms with Crippen molar-refractivity contribution in [2.75, 3.05) is 6.54 Å². The zero-order chi connectivity index (χ0) is 13.8. The van der Waals surface area contributed by atoms with Gasteiger partial charge in [0.25, 0.3) is 0 Å². The van der Waals surface area contributed by atoms with Crippen LogP contribution in [0.25, 0.3) is 0 Å². The van der Waals surface area contributed by atoms with Crippen molar-refractivity contribution in [3.63, 3.8) is 0 Å². The number of hydrogen-bond donors (Lipinski definition) is 1. The van der Waals surface area contributed by atoms with Crippen molar-refractivity contribution in [3.05, 3.63) is 35.4 Å². The molecule has 3 nitrogen and oxygen atoms in total. The monoisotopic (exact) mass is 260 g/mol. The average Bonchev–Trinajstić information content (AvgIpc) is 2.36. The van der Waals surface area contributed by atoms with Crippen LogP contribution < -0.4 is 5.73 Å². The van der Waals surface area contributed by atoms with Gasteiger partial charge in [0.15, 0.2) is 0 Å². The summed E-state index contributed by atoms with van der Waals surface area (Å²) in [6, 6.07) is 8.93. The highest BCUT2D eigenvalue weighted by Gasteiger charge is 2.26. The molecule has 2 N–H and O–H groups in total.